The number of aromatic nitrogens is 5. The summed E-state index contributed by atoms with van der Waals surface area (Å²) in [6.07, 6.45) is 4.91. The van der Waals surface area contributed by atoms with Gasteiger partial charge in [-0.1, -0.05) is 11.3 Å². The number of anilines is 1. The molecule has 1 aliphatic rings. The first-order valence-electron chi connectivity index (χ1n) is 11.2. The summed E-state index contributed by atoms with van der Waals surface area (Å²) in [6, 6.07) is 5.23. The Labute approximate surface area is 215 Å². The number of carbonyl (C=O) groups excluding carboxylic acids is 2. The number of amides is 2. The van der Waals surface area contributed by atoms with Gasteiger partial charge in [0.2, 0.25) is 5.75 Å². The van der Waals surface area contributed by atoms with Crippen LogP contribution in [0.3, 0.4) is 0 Å². The van der Waals surface area contributed by atoms with E-state index in [1.807, 2.05) is 0 Å². The van der Waals surface area contributed by atoms with E-state index in [2.05, 4.69) is 30.5 Å². The highest BCUT2D eigenvalue weighted by molar-refractivity contribution is 7.15. The number of benzene rings is 1. The van der Waals surface area contributed by atoms with Gasteiger partial charge in [0.05, 0.1) is 45.5 Å². The van der Waals surface area contributed by atoms with Crippen molar-refractivity contribution in [3.8, 4) is 28.5 Å². The predicted octanol–water partition coefficient (Wildman–Crippen LogP) is 2.80. The smallest absolute Gasteiger partial charge is 0.277 e. The number of hydrogen-bond acceptors (Lipinski definition) is 10. The van der Waals surface area contributed by atoms with Crippen LogP contribution in [0.5, 0.6) is 17.2 Å². The van der Waals surface area contributed by atoms with Gasteiger partial charge in [0.15, 0.2) is 16.6 Å². The largest absolute Gasteiger partial charge is 0.493 e. The molecule has 1 aromatic carbocycles. The maximum Gasteiger partial charge on any atom is 0.277 e. The highest BCUT2D eigenvalue weighted by atomic mass is 32.1. The molecule has 3 aromatic heterocycles. The zero-order chi connectivity index (χ0) is 25.9. The van der Waals surface area contributed by atoms with E-state index < -0.39 is 0 Å². The monoisotopic (exact) mass is 521 g/mol. The van der Waals surface area contributed by atoms with Crippen molar-refractivity contribution >= 4 is 28.3 Å². The Balaban J connectivity index is 1.30. The minimum atomic E-state index is -0.385. The summed E-state index contributed by atoms with van der Waals surface area (Å²) in [5, 5.41) is 10.4. The number of nitrogens with one attached hydrogen (secondary N) is 2. The molecule has 2 N–H and O–H groups in total. The number of aromatic amines is 1. The van der Waals surface area contributed by atoms with Gasteiger partial charge in [-0.3, -0.25) is 25.0 Å². The molecule has 190 valence electrons. The van der Waals surface area contributed by atoms with Crippen LogP contribution in [0.15, 0.2) is 36.8 Å². The minimum absolute atomic E-state index is 0.185. The Morgan fingerprint density at radius 3 is 2.54 bits per heavy atom. The number of nitrogens with zero attached hydrogens (tertiary/aromatic N) is 5. The number of rotatable bonds is 7. The van der Waals surface area contributed by atoms with Gasteiger partial charge < -0.3 is 19.1 Å². The van der Waals surface area contributed by atoms with Crippen LogP contribution in [0.4, 0.5) is 5.13 Å². The third-order valence-corrected chi connectivity index (χ3v) is 6.80. The van der Waals surface area contributed by atoms with Crippen LogP contribution in [-0.4, -0.2) is 69.7 Å². The lowest BCUT2D eigenvalue weighted by molar-refractivity contribution is 0.0730. The van der Waals surface area contributed by atoms with Crippen LogP contribution in [0.1, 0.15) is 31.5 Å². The molecule has 4 aromatic rings. The standard InChI is InChI=1S/C24H23N7O5S/c1-34-18-8-13(9-19(35-2)21(18)36-3)15-10-16(30-29-15)23(33)31-7-4-14-20(12-31)37-24(27-14)28-22(32)17-11-25-5-6-26-17/h5-6,8-11H,4,7,12H2,1-3H3,(H,29,30)(H,27,28,32). The number of thiazole rings is 1. The van der Waals surface area contributed by atoms with Crippen molar-refractivity contribution < 1.29 is 23.8 Å². The van der Waals surface area contributed by atoms with Gasteiger partial charge in [-0.2, -0.15) is 5.10 Å². The molecule has 4 heterocycles. The quantitative estimate of drug-likeness (QED) is 0.375. The molecule has 0 unspecified atom stereocenters. The van der Waals surface area contributed by atoms with E-state index in [9.17, 15) is 9.59 Å². The lowest BCUT2D eigenvalue weighted by Crippen LogP contribution is -2.35. The molecule has 37 heavy (non-hydrogen) atoms. The molecule has 13 heteroatoms. The van der Waals surface area contributed by atoms with E-state index in [4.69, 9.17) is 14.2 Å². The van der Waals surface area contributed by atoms with Crippen LogP contribution in [0.25, 0.3) is 11.3 Å². The zero-order valence-corrected chi connectivity index (χ0v) is 21.1. The highest BCUT2D eigenvalue weighted by Crippen LogP contribution is 2.41. The number of H-pyrrole nitrogens is 1. The molecule has 12 nitrogen and oxygen atoms in total. The van der Waals surface area contributed by atoms with Crippen molar-refractivity contribution in [1.82, 2.24) is 30.0 Å². The average Bonchev–Trinajstić information content (AvgIpc) is 3.59. The topological polar surface area (TPSA) is 144 Å². The van der Waals surface area contributed by atoms with Gasteiger partial charge in [0, 0.05) is 35.8 Å². The van der Waals surface area contributed by atoms with Gasteiger partial charge in [-0.05, 0) is 18.2 Å². The second-order valence-electron chi connectivity index (χ2n) is 7.99. The van der Waals surface area contributed by atoms with E-state index in [-0.39, 0.29) is 17.5 Å². The van der Waals surface area contributed by atoms with E-state index >= 15 is 0 Å². The third-order valence-electron chi connectivity index (χ3n) is 5.80. The molecule has 0 fully saturated rings. The lowest BCUT2D eigenvalue weighted by atomic mass is 10.1. The van der Waals surface area contributed by atoms with Gasteiger partial charge in [0.25, 0.3) is 11.8 Å². The normalized spacial score (nSPS) is 12.6. The number of methoxy groups -OCH3 is 3. The molecule has 0 aliphatic carbocycles. The number of carbonyl (C=O) groups is 2. The summed E-state index contributed by atoms with van der Waals surface area (Å²) < 4.78 is 16.2. The zero-order valence-electron chi connectivity index (χ0n) is 20.3. The van der Waals surface area contributed by atoms with Crippen LogP contribution in [-0.2, 0) is 13.0 Å². The maximum atomic E-state index is 13.3. The molecule has 1 aliphatic heterocycles. The van der Waals surface area contributed by atoms with Crippen molar-refractivity contribution in [2.24, 2.45) is 0 Å². The summed E-state index contributed by atoms with van der Waals surface area (Å²) in [6.45, 7) is 0.872. The third kappa shape index (κ3) is 4.80. The minimum Gasteiger partial charge on any atom is -0.493 e. The van der Waals surface area contributed by atoms with Crippen LogP contribution in [0.2, 0.25) is 0 Å². The van der Waals surface area contributed by atoms with Crippen LogP contribution < -0.4 is 19.5 Å². The van der Waals surface area contributed by atoms with Crippen LogP contribution >= 0.6 is 11.3 Å². The molecular weight excluding hydrogens is 498 g/mol. The first-order chi connectivity index (χ1) is 18.0. The van der Waals surface area contributed by atoms with Gasteiger partial charge in [-0.15, -0.1) is 0 Å². The second-order valence-corrected chi connectivity index (χ2v) is 9.07. The van der Waals surface area contributed by atoms with E-state index in [1.54, 1.807) is 23.1 Å². The molecule has 2 amide bonds. The van der Waals surface area contributed by atoms with Crippen LogP contribution in [0, 0.1) is 0 Å². The van der Waals surface area contributed by atoms with E-state index in [0.717, 1.165) is 10.6 Å². The molecule has 0 radical (unpaired) electrons. The molecule has 0 saturated heterocycles. The molecule has 0 atom stereocenters. The first-order valence-corrected chi connectivity index (χ1v) is 12.0. The fourth-order valence-electron chi connectivity index (χ4n) is 3.98. The van der Waals surface area contributed by atoms with E-state index in [1.165, 1.54) is 51.3 Å². The molecule has 0 spiro atoms. The molecular formula is C24H23N7O5S. The Morgan fingerprint density at radius 1 is 1.08 bits per heavy atom. The Bertz CT molecular complexity index is 1430. The molecule has 5 rings (SSSR count). The fraction of sp³-hybridized carbons (Fsp3) is 0.250. The summed E-state index contributed by atoms with van der Waals surface area (Å²) in [7, 11) is 4.61. The summed E-state index contributed by atoms with van der Waals surface area (Å²) in [5.41, 5.74) is 2.69. The Morgan fingerprint density at radius 2 is 1.86 bits per heavy atom. The van der Waals surface area contributed by atoms with Gasteiger partial charge in [0.1, 0.15) is 11.4 Å². The Hall–Kier alpha value is -4.52. The second kappa shape index (κ2) is 10.2. The maximum absolute atomic E-state index is 13.3. The van der Waals surface area contributed by atoms with Crippen molar-refractivity contribution in [2.45, 2.75) is 13.0 Å². The van der Waals surface area contributed by atoms with E-state index in [0.29, 0.717) is 58.8 Å². The van der Waals surface area contributed by atoms with Crippen molar-refractivity contribution in [1.29, 1.82) is 0 Å². The SMILES string of the molecule is COc1cc(-c2cc(C(=O)N3CCc4nc(NC(=O)c5cnccn5)sc4C3)[nH]n2)cc(OC)c1OC. The average molecular weight is 522 g/mol. The van der Waals surface area contributed by atoms with Crippen molar-refractivity contribution in [2.75, 3.05) is 33.2 Å². The Kier molecular flexibility index (Phi) is 6.68. The lowest BCUT2D eigenvalue weighted by Gasteiger charge is -2.25. The van der Waals surface area contributed by atoms with Crippen molar-refractivity contribution in [3.63, 3.8) is 0 Å². The number of hydrogen-bond donors (Lipinski definition) is 2. The first kappa shape index (κ1) is 24.2. The summed E-state index contributed by atoms with van der Waals surface area (Å²) in [5.74, 6) is 0.883. The highest BCUT2D eigenvalue weighted by Gasteiger charge is 2.27. The van der Waals surface area contributed by atoms with Crippen molar-refractivity contribution in [3.05, 3.63) is 58.7 Å². The predicted molar refractivity (Wildman–Crippen MR) is 134 cm³/mol. The number of ether oxygens (including phenoxy) is 3. The number of fused-ring (bicyclic) bond motifs is 1. The summed E-state index contributed by atoms with van der Waals surface area (Å²) in [4.78, 5) is 40.7. The molecule has 0 saturated carbocycles. The molecule has 0 bridgehead atoms. The van der Waals surface area contributed by atoms with Gasteiger partial charge >= 0.3 is 0 Å². The van der Waals surface area contributed by atoms with Gasteiger partial charge in [-0.25, -0.2) is 9.97 Å². The summed E-state index contributed by atoms with van der Waals surface area (Å²) >= 11 is 1.34. The fourth-order valence-corrected chi connectivity index (χ4v) is 5.00.